The minimum atomic E-state index is -0.202. The smallest absolute Gasteiger partial charge is 0.274 e. The molecule has 9 heteroatoms. The van der Waals surface area contributed by atoms with E-state index in [1.807, 2.05) is 60.4 Å². The summed E-state index contributed by atoms with van der Waals surface area (Å²) < 4.78 is 1.74. The number of aliphatic hydroxyl groups excluding tert-OH is 1. The number of anilines is 2. The first-order valence-corrected chi connectivity index (χ1v) is 17.9. The van der Waals surface area contributed by atoms with Crippen LogP contribution in [0.1, 0.15) is 83.6 Å². The second-order valence-corrected chi connectivity index (χ2v) is 12.9. The molecule has 260 valence electrons. The van der Waals surface area contributed by atoms with Gasteiger partial charge in [-0.1, -0.05) is 69.2 Å². The fraction of sp³-hybridized carbons (Fsp3) is 0.425. The van der Waals surface area contributed by atoms with Crippen molar-refractivity contribution in [2.75, 3.05) is 55.7 Å². The van der Waals surface area contributed by atoms with Gasteiger partial charge in [-0.05, 0) is 80.1 Å². The van der Waals surface area contributed by atoms with E-state index in [1.165, 1.54) is 5.69 Å². The number of aromatic nitrogens is 2. The first kappa shape index (κ1) is 35.7. The largest absolute Gasteiger partial charge is 0.396 e. The number of aliphatic hydroxyl groups is 1. The molecule has 5 rings (SSSR count). The zero-order valence-corrected chi connectivity index (χ0v) is 29.4. The Morgan fingerprint density at radius 1 is 0.796 bits per heavy atom. The first-order valence-electron chi connectivity index (χ1n) is 17.9. The molecule has 1 fully saturated rings. The van der Waals surface area contributed by atoms with E-state index in [4.69, 9.17) is 5.10 Å². The van der Waals surface area contributed by atoms with Gasteiger partial charge in [-0.2, -0.15) is 5.10 Å². The van der Waals surface area contributed by atoms with Crippen LogP contribution in [0.15, 0.2) is 78.9 Å². The molecule has 0 spiro atoms. The van der Waals surface area contributed by atoms with E-state index in [0.29, 0.717) is 43.0 Å². The average molecular weight is 665 g/mol. The van der Waals surface area contributed by atoms with Gasteiger partial charge in [0.25, 0.3) is 11.8 Å². The zero-order chi connectivity index (χ0) is 34.6. The van der Waals surface area contributed by atoms with Crippen molar-refractivity contribution < 1.29 is 14.7 Å². The maximum Gasteiger partial charge on any atom is 0.274 e. The lowest BCUT2D eigenvalue weighted by atomic mass is 10.0. The van der Waals surface area contributed by atoms with Crippen molar-refractivity contribution in [2.45, 2.75) is 65.8 Å². The lowest BCUT2D eigenvalue weighted by molar-refractivity contribution is 0.0744. The molecule has 0 bridgehead atoms. The molecule has 2 amide bonds. The Labute approximate surface area is 291 Å². The number of hydrogen-bond donors (Lipinski definition) is 2. The summed E-state index contributed by atoms with van der Waals surface area (Å²) in [5, 5.41) is 17.4. The number of carbonyl (C=O) groups is 2. The van der Waals surface area contributed by atoms with E-state index in [2.05, 4.69) is 59.3 Å². The number of aryl methyl sites for hydroxylation is 2. The molecule has 4 aromatic rings. The highest BCUT2D eigenvalue weighted by Gasteiger charge is 2.24. The number of piperazine rings is 1. The molecule has 2 N–H and O–H groups in total. The van der Waals surface area contributed by atoms with Gasteiger partial charge < -0.3 is 25.1 Å². The average Bonchev–Trinajstić information content (AvgIpc) is 3.54. The third kappa shape index (κ3) is 9.09. The number of carbonyl (C=O) groups excluding carboxylic acids is 2. The van der Waals surface area contributed by atoms with Crippen LogP contribution < -0.4 is 15.1 Å². The molecular weight excluding hydrogens is 612 g/mol. The van der Waals surface area contributed by atoms with Gasteiger partial charge in [0, 0.05) is 69.5 Å². The molecule has 1 aromatic heterocycles. The Bertz CT molecular complexity index is 1650. The van der Waals surface area contributed by atoms with E-state index in [-0.39, 0.29) is 18.4 Å². The zero-order valence-electron chi connectivity index (χ0n) is 29.4. The molecule has 1 aliphatic heterocycles. The van der Waals surface area contributed by atoms with Gasteiger partial charge in [0.15, 0.2) is 5.69 Å². The van der Waals surface area contributed by atoms with E-state index in [1.54, 1.807) is 4.68 Å². The van der Waals surface area contributed by atoms with Gasteiger partial charge in [-0.3, -0.25) is 9.59 Å². The van der Waals surface area contributed by atoms with Crippen LogP contribution >= 0.6 is 0 Å². The Balaban J connectivity index is 1.43. The summed E-state index contributed by atoms with van der Waals surface area (Å²) >= 11 is 0. The monoisotopic (exact) mass is 664 g/mol. The van der Waals surface area contributed by atoms with Crippen LogP contribution in [-0.4, -0.2) is 77.5 Å². The van der Waals surface area contributed by atoms with Gasteiger partial charge in [-0.25, -0.2) is 4.68 Å². The van der Waals surface area contributed by atoms with Crippen LogP contribution in [0.5, 0.6) is 0 Å². The van der Waals surface area contributed by atoms with Crippen molar-refractivity contribution >= 4 is 23.2 Å². The van der Waals surface area contributed by atoms with Crippen LogP contribution in [0.4, 0.5) is 11.4 Å². The number of benzene rings is 3. The van der Waals surface area contributed by atoms with Crippen LogP contribution in [0, 0.1) is 6.92 Å². The molecule has 1 aliphatic rings. The maximum absolute atomic E-state index is 14.1. The maximum atomic E-state index is 14.1. The number of rotatable bonds is 16. The second kappa shape index (κ2) is 17.7. The number of nitrogens with zero attached hydrogens (tertiary/aromatic N) is 5. The van der Waals surface area contributed by atoms with E-state index in [0.717, 1.165) is 80.8 Å². The van der Waals surface area contributed by atoms with Crippen molar-refractivity contribution in [2.24, 2.45) is 0 Å². The predicted molar refractivity (Wildman–Crippen MR) is 198 cm³/mol. The quantitative estimate of drug-likeness (QED) is 0.144. The lowest BCUT2D eigenvalue weighted by Crippen LogP contribution is -2.46. The highest BCUT2D eigenvalue weighted by Crippen LogP contribution is 2.27. The fourth-order valence-corrected chi connectivity index (χ4v) is 6.46. The Morgan fingerprint density at radius 3 is 2.08 bits per heavy atom. The van der Waals surface area contributed by atoms with E-state index in [9.17, 15) is 14.7 Å². The standard InChI is InChI=1S/C40H52N6O3/c1-4-6-21-45(22-7-5-2)40(49)37-28-31(3)46(42-37)38-20-19-35(44-25-23-43(24-26-44)34-17-9-8-10-18-34)29-36(38)39(48)41-30-33-15-12-11-14-32(33)16-13-27-47/h8-12,14-15,17-20,28-29,47H,4-7,13,16,21-27,30H2,1-3H3,(H,41,48). The summed E-state index contributed by atoms with van der Waals surface area (Å²) in [6.07, 6.45) is 5.34. The number of para-hydroxylation sites is 1. The molecule has 0 aliphatic carbocycles. The number of nitrogens with one attached hydrogen (secondary N) is 1. The van der Waals surface area contributed by atoms with Gasteiger partial charge in [0.2, 0.25) is 0 Å². The summed E-state index contributed by atoms with van der Waals surface area (Å²) in [4.78, 5) is 34.4. The third-order valence-corrected chi connectivity index (χ3v) is 9.34. The van der Waals surface area contributed by atoms with Crippen LogP contribution in [-0.2, 0) is 13.0 Å². The van der Waals surface area contributed by atoms with Crippen LogP contribution in [0.3, 0.4) is 0 Å². The van der Waals surface area contributed by atoms with E-state index >= 15 is 0 Å². The van der Waals surface area contributed by atoms with Crippen molar-refractivity contribution in [3.05, 3.63) is 107 Å². The highest BCUT2D eigenvalue weighted by atomic mass is 16.3. The van der Waals surface area contributed by atoms with Crippen molar-refractivity contribution in [1.82, 2.24) is 20.0 Å². The molecule has 0 unspecified atom stereocenters. The summed E-state index contributed by atoms with van der Waals surface area (Å²) in [6, 6.07) is 26.3. The first-order chi connectivity index (χ1) is 23.9. The topological polar surface area (TPSA) is 93.9 Å². The minimum absolute atomic E-state index is 0.0675. The van der Waals surface area contributed by atoms with Crippen molar-refractivity contribution in [3.8, 4) is 5.69 Å². The lowest BCUT2D eigenvalue weighted by Gasteiger charge is -2.37. The van der Waals surface area contributed by atoms with E-state index < -0.39 is 0 Å². The normalized spacial score (nSPS) is 13.1. The minimum Gasteiger partial charge on any atom is -0.396 e. The van der Waals surface area contributed by atoms with Crippen molar-refractivity contribution in [3.63, 3.8) is 0 Å². The second-order valence-electron chi connectivity index (χ2n) is 12.9. The Hall–Kier alpha value is -4.63. The summed E-state index contributed by atoms with van der Waals surface area (Å²) in [5.74, 6) is -0.269. The van der Waals surface area contributed by atoms with Gasteiger partial charge in [0.05, 0.1) is 11.3 Å². The Morgan fingerprint density at radius 2 is 1.43 bits per heavy atom. The van der Waals surface area contributed by atoms with Crippen LogP contribution in [0.25, 0.3) is 5.69 Å². The summed E-state index contributed by atoms with van der Waals surface area (Å²) in [7, 11) is 0. The van der Waals surface area contributed by atoms with Gasteiger partial charge >= 0.3 is 0 Å². The molecule has 9 nitrogen and oxygen atoms in total. The molecule has 0 saturated carbocycles. The van der Waals surface area contributed by atoms with Gasteiger partial charge in [-0.15, -0.1) is 0 Å². The molecule has 2 heterocycles. The molecule has 0 atom stereocenters. The predicted octanol–water partition coefficient (Wildman–Crippen LogP) is 6.40. The summed E-state index contributed by atoms with van der Waals surface area (Å²) in [5.41, 5.74) is 6.69. The highest BCUT2D eigenvalue weighted by molar-refractivity contribution is 5.99. The number of hydrogen-bond acceptors (Lipinski definition) is 6. The van der Waals surface area contributed by atoms with Crippen molar-refractivity contribution in [1.29, 1.82) is 0 Å². The SMILES string of the molecule is CCCCN(CCCC)C(=O)c1cc(C)n(-c2ccc(N3CCN(c4ccccc4)CC3)cc2C(=O)NCc2ccccc2CCCO)n1. The summed E-state index contributed by atoms with van der Waals surface area (Å²) in [6.45, 7) is 11.5. The third-order valence-electron chi connectivity index (χ3n) is 9.34. The van der Waals surface area contributed by atoms with Crippen LogP contribution in [0.2, 0.25) is 0 Å². The molecule has 1 saturated heterocycles. The number of unbranched alkanes of at least 4 members (excludes halogenated alkanes) is 2. The fourth-order valence-electron chi connectivity index (χ4n) is 6.46. The molecular formula is C40H52N6O3. The Kier molecular flexibility index (Phi) is 12.9. The molecule has 49 heavy (non-hydrogen) atoms. The van der Waals surface area contributed by atoms with Gasteiger partial charge in [0.1, 0.15) is 0 Å². The molecule has 0 radical (unpaired) electrons. The molecule has 3 aromatic carbocycles. The number of amides is 2.